The van der Waals surface area contributed by atoms with E-state index in [-0.39, 0.29) is 6.10 Å². The third kappa shape index (κ3) is 8.14. The average Bonchev–Trinajstić information content (AvgIpc) is 3.01. The van der Waals surface area contributed by atoms with Crippen LogP contribution < -0.4 is 15.4 Å². The summed E-state index contributed by atoms with van der Waals surface area (Å²) < 4.78 is 12.5. The van der Waals surface area contributed by atoms with Gasteiger partial charge >= 0.3 is 0 Å². The van der Waals surface area contributed by atoms with Crippen LogP contribution in [0, 0.1) is 19.8 Å². The van der Waals surface area contributed by atoms with Crippen molar-refractivity contribution in [2.45, 2.75) is 73.3 Å². The molecule has 42 heavy (non-hydrogen) atoms. The van der Waals surface area contributed by atoms with E-state index >= 15 is 0 Å². The van der Waals surface area contributed by atoms with Crippen LogP contribution in [0.4, 0.5) is 22.9 Å². The lowest BCUT2D eigenvalue weighted by molar-refractivity contribution is -0.0234. The number of piperidine rings is 1. The second-order valence-corrected chi connectivity index (χ2v) is 10.7. The summed E-state index contributed by atoms with van der Waals surface area (Å²) in [6.07, 6.45) is 8.07. The van der Waals surface area contributed by atoms with Gasteiger partial charge in [0.2, 0.25) is 6.35 Å². The van der Waals surface area contributed by atoms with Crippen molar-refractivity contribution in [3.8, 4) is 11.5 Å². The van der Waals surface area contributed by atoms with Crippen molar-refractivity contribution in [2.24, 2.45) is 15.9 Å². The number of rotatable bonds is 9. The molecule has 3 aromatic rings. The molecule has 2 aliphatic rings. The molecule has 2 aromatic carbocycles. The van der Waals surface area contributed by atoms with Gasteiger partial charge in [-0.3, -0.25) is 4.99 Å². The molecule has 9 nitrogen and oxygen atoms in total. The lowest BCUT2D eigenvalue weighted by Gasteiger charge is -2.32. The Morgan fingerprint density at radius 1 is 1.10 bits per heavy atom. The van der Waals surface area contributed by atoms with Gasteiger partial charge in [0.25, 0.3) is 0 Å². The Bertz CT molecular complexity index is 1380. The van der Waals surface area contributed by atoms with E-state index in [4.69, 9.17) is 9.47 Å². The quantitative estimate of drug-likeness (QED) is 0.255. The number of likely N-dealkylation sites (tertiary alicyclic amines) is 1. The number of aryl methyl sites for hydroxylation is 2. The highest BCUT2D eigenvalue weighted by molar-refractivity contribution is 5.92. The van der Waals surface area contributed by atoms with Crippen LogP contribution in [0.1, 0.15) is 63.8 Å². The Kier molecular flexibility index (Phi) is 11.0. The number of benzene rings is 2. The molecular formula is C33H45N7O2. The zero-order valence-corrected chi connectivity index (χ0v) is 26.0. The van der Waals surface area contributed by atoms with Crippen molar-refractivity contribution in [1.29, 1.82) is 0 Å². The van der Waals surface area contributed by atoms with Crippen LogP contribution in [-0.2, 0) is 4.74 Å². The van der Waals surface area contributed by atoms with Crippen molar-refractivity contribution < 1.29 is 9.47 Å². The van der Waals surface area contributed by atoms with Gasteiger partial charge in [0.1, 0.15) is 29.2 Å². The summed E-state index contributed by atoms with van der Waals surface area (Å²) in [5, 5.41) is 6.81. The summed E-state index contributed by atoms with van der Waals surface area (Å²) in [7, 11) is 2.14. The van der Waals surface area contributed by atoms with E-state index in [9.17, 15) is 0 Å². The van der Waals surface area contributed by atoms with Gasteiger partial charge < -0.3 is 25.0 Å². The molecule has 9 heteroatoms. The molecule has 2 atom stereocenters. The highest BCUT2D eigenvalue weighted by Crippen LogP contribution is 2.33. The third-order valence-corrected chi connectivity index (χ3v) is 7.42. The first-order valence-corrected chi connectivity index (χ1v) is 15.1. The van der Waals surface area contributed by atoms with Gasteiger partial charge in [-0.15, -0.1) is 0 Å². The maximum atomic E-state index is 6.25. The molecule has 224 valence electrons. The number of nitrogens with one attached hydrogen (secondary N) is 2. The molecule has 1 saturated heterocycles. The van der Waals surface area contributed by atoms with Crippen LogP contribution >= 0.6 is 0 Å². The van der Waals surface area contributed by atoms with Gasteiger partial charge in [-0.1, -0.05) is 33.8 Å². The zero-order valence-electron chi connectivity index (χ0n) is 26.0. The SMILES string of the molecule is CC.CCC(C)C=Nc1cc(Oc2ccc(Nc3ncnc4c3NC(OC3CCN(C)CC3)N=C4)cc2C)ccc1C. The Labute approximate surface area is 250 Å². The van der Waals surface area contributed by atoms with Crippen LogP contribution in [0.3, 0.4) is 0 Å². The van der Waals surface area contributed by atoms with E-state index in [0.717, 1.165) is 77.7 Å². The maximum absolute atomic E-state index is 6.25. The Morgan fingerprint density at radius 2 is 1.88 bits per heavy atom. The summed E-state index contributed by atoms with van der Waals surface area (Å²) in [5.41, 5.74) is 5.44. The van der Waals surface area contributed by atoms with E-state index in [2.05, 4.69) is 63.3 Å². The van der Waals surface area contributed by atoms with Crippen molar-refractivity contribution in [1.82, 2.24) is 14.9 Å². The van der Waals surface area contributed by atoms with E-state index in [0.29, 0.717) is 11.7 Å². The summed E-state index contributed by atoms with van der Waals surface area (Å²) >= 11 is 0. The second-order valence-electron chi connectivity index (χ2n) is 10.7. The minimum atomic E-state index is -0.459. The molecule has 0 amide bonds. The molecule has 5 rings (SSSR count). The summed E-state index contributed by atoms with van der Waals surface area (Å²) in [6, 6.07) is 12.0. The van der Waals surface area contributed by atoms with Crippen LogP contribution in [0.15, 0.2) is 52.7 Å². The molecule has 3 heterocycles. The molecule has 0 saturated carbocycles. The minimum Gasteiger partial charge on any atom is -0.457 e. The molecule has 2 N–H and O–H groups in total. The molecule has 1 fully saturated rings. The summed E-state index contributed by atoms with van der Waals surface area (Å²) in [6.45, 7) is 14.5. The summed E-state index contributed by atoms with van der Waals surface area (Å²) in [4.78, 5) is 20.4. The Hall–Kier alpha value is -3.82. The lowest BCUT2D eigenvalue weighted by Crippen LogP contribution is -2.38. The number of hydrogen-bond donors (Lipinski definition) is 2. The highest BCUT2D eigenvalue weighted by Gasteiger charge is 2.25. The van der Waals surface area contributed by atoms with E-state index in [1.807, 2.05) is 63.4 Å². The van der Waals surface area contributed by atoms with Crippen molar-refractivity contribution in [2.75, 3.05) is 30.8 Å². The zero-order chi connectivity index (χ0) is 30.1. The number of aliphatic imine (C=N–C) groups is 2. The van der Waals surface area contributed by atoms with Gasteiger partial charge in [0, 0.05) is 31.1 Å². The molecule has 0 spiro atoms. The van der Waals surface area contributed by atoms with Crippen molar-refractivity contribution >= 4 is 35.3 Å². The normalized spacial score (nSPS) is 17.6. The lowest BCUT2D eigenvalue weighted by atomic mass is 10.1. The number of aromatic nitrogens is 2. The number of ether oxygens (including phenoxy) is 2. The first-order chi connectivity index (χ1) is 20.4. The van der Waals surface area contributed by atoms with E-state index in [1.54, 1.807) is 6.21 Å². The van der Waals surface area contributed by atoms with Crippen LogP contribution in [0.25, 0.3) is 0 Å². The first-order valence-electron chi connectivity index (χ1n) is 15.1. The predicted molar refractivity (Wildman–Crippen MR) is 173 cm³/mol. The molecule has 0 aliphatic carbocycles. The third-order valence-electron chi connectivity index (χ3n) is 7.42. The number of nitrogens with zero attached hydrogens (tertiary/aromatic N) is 5. The topological polar surface area (TPSA) is 96.3 Å². The number of hydrogen-bond acceptors (Lipinski definition) is 9. The first kappa shape index (κ1) is 31.1. The average molecular weight is 572 g/mol. The van der Waals surface area contributed by atoms with Crippen molar-refractivity contribution in [3.63, 3.8) is 0 Å². The molecule has 0 radical (unpaired) electrons. The summed E-state index contributed by atoms with van der Waals surface area (Å²) in [5.74, 6) is 2.65. The number of anilines is 3. The van der Waals surface area contributed by atoms with Crippen molar-refractivity contribution in [3.05, 3.63) is 59.5 Å². The standard InChI is InChI=1S/C31H39N7O2.C2H6/c1-6-20(2)17-32-26-16-25(9-7-21(26)3)39-28-10-8-23(15-22(28)4)36-30-29-27(34-19-35-30)18-33-31(37-29)40-24-11-13-38(5)14-12-24;1-2/h7-10,15-20,24,31,37H,6,11-14H2,1-5H3,(H,34,35,36);1-2H3. The molecule has 2 aliphatic heterocycles. The number of fused-ring (bicyclic) bond motifs is 1. The smallest absolute Gasteiger partial charge is 0.225 e. The van der Waals surface area contributed by atoms with Crippen LogP contribution in [0.2, 0.25) is 0 Å². The molecule has 1 aromatic heterocycles. The molecule has 2 unspecified atom stereocenters. The Balaban J connectivity index is 0.00000198. The fourth-order valence-electron chi connectivity index (χ4n) is 4.62. The van der Waals surface area contributed by atoms with Crippen LogP contribution in [-0.4, -0.2) is 59.9 Å². The minimum absolute atomic E-state index is 0.181. The predicted octanol–water partition coefficient (Wildman–Crippen LogP) is 7.64. The molecular weight excluding hydrogens is 526 g/mol. The fourth-order valence-corrected chi connectivity index (χ4v) is 4.62. The van der Waals surface area contributed by atoms with Gasteiger partial charge in [0.15, 0.2) is 5.82 Å². The maximum Gasteiger partial charge on any atom is 0.225 e. The van der Waals surface area contributed by atoms with Gasteiger partial charge in [-0.2, -0.15) is 0 Å². The van der Waals surface area contributed by atoms with Gasteiger partial charge in [0.05, 0.1) is 18.0 Å². The second kappa shape index (κ2) is 14.9. The van der Waals surface area contributed by atoms with E-state index < -0.39 is 6.35 Å². The van der Waals surface area contributed by atoms with Gasteiger partial charge in [-0.25, -0.2) is 15.0 Å². The fraction of sp³-hybridized carbons (Fsp3) is 0.455. The monoisotopic (exact) mass is 571 g/mol. The van der Waals surface area contributed by atoms with Gasteiger partial charge in [-0.05, 0) is 81.5 Å². The Morgan fingerprint density at radius 3 is 2.62 bits per heavy atom. The molecule has 0 bridgehead atoms. The highest BCUT2D eigenvalue weighted by atomic mass is 16.5. The van der Waals surface area contributed by atoms with E-state index in [1.165, 1.54) is 6.33 Å². The largest absolute Gasteiger partial charge is 0.457 e. The van der Waals surface area contributed by atoms with Crippen LogP contribution in [0.5, 0.6) is 11.5 Å².